The number of rotatable bonds is 22. The van der Waals surface area contributed by atoms with Crippen LogP contribution in [-0.2, 0) is 44.2 Å². The number of fused-ring (bicyclic) bond motifs is 1. The molecular weight excluding hydrogens is 1130 g/mol. The van der Waals surface area contributed by atoms with E-state index in [0.717, 1.165) is 60.7 Å². The van der Waals surface area contributed by atoms with Crippen molar-refractivity contribution in [3.8, 4) is 22.4 Å². The van der Waals surface area contributed by atoms with Crippen molar-refractivity contribution in [3.63, 3.8) is 0 Å². The molecule has 0 saturated heterocycles. The van der Waals surface area contributed by atoms with Crippen LogP contribution in [0, 0.1) is 28.6 Å². The molecule has 4 fully saturated rings. The molecule has 15 nitrogen and oxygen atoms in total. The van der Waals surface area contributed by atoms with E-state index in [9.17, 15) is 22.8 Å². The van der Waals surface area contributed by atoms with Crippen molar-refractivity contribution in [1.29, 1.82) is 0 Å². The molecule has 6 aromatic rings. The van der Waals surface area contributed by atoms with Crippen molar-refractivity contribution in [3.05, 3.63) is 132 Å². The summed E-state index contributed by atoms with van der Waals surface area (Å²) in [5.41, 5.74) is 1.23. The largest absolute Gasteiger partial charge is 0.465 e. The van der Waals surface area contributed by atoms with Crippen LogP contribution in [0.25, 0.3) is 33.2 Å². The van der Waals surface area contributed by atoms with E-state index >= 15 is 0 Å². The summed E-state index contributed by atoms with van der Waals surface area (Å²) in [6.45, 7) is 29.5. The van der Waals surface area contributed by atoms with Crippen LogP contribution >= 0.6 is 0 Å². The standard InChI is InChI=1S/C70H92N4O11SSi/c1-49-57(54-31-32-58(72-59(54)61(76)84-63(2,3)4)51-30-29-50-23-22-28-55(56(50)39-51)60(75)80-15)40-71-74(49)47-69-42-67(13)41-68(14,43-69)45-70(44-67,46-69)81-37-34-73(62(77)85-64(5,6)7)35-38-86(78,79)82-48-66(11,12)33-36-83-87(65(8,9)10,52-24-18-16-19-25-52)53-26-20-17-21-27-53/h16-32,39-40H,33-38,41-48H2,1-15H3. The highest BCUT2D eigenvalue weighted by Gasteiger charge is 2.66. The second-order valence-corrected chi connectivity index (χ2v) is 35.8. The van der Waals surface area contributed by atoms with E-state index in [1.54, 1.807) is 26.8 Å². The van der Waals surface area contributed by atoms with Gasteiger partial charge in [0.15, 0.2) is 5.69 Å². The van der Waals surface area contributed by atoms with Crippen LogP contribution in [0.1, 0.15) is 161 Å². The van der Waals surface area contributed by atoms with Crippen LogP contribution < -0.4 is 10.4 Å². The lowest BCUT2D eigenvalue weighted by Crippen LogP contribution is -2.66. The van der Waals surface area contributed by atoms with Gasteiger partial charge < -0.3 is 28.3 Å². The maximum Gasteiger partial charge on any atom is 0.410 e. The number of carbonyl (C=O) groups is 3. The van der Waals surface area contributed by atoms with Gasteiger partial charge in [0.25, 0.3) is 18.4 Å². The number of methoxy groups -OCH3 is 1. The summed E-state index contributed by atoms with van der Waals surface area (Å²) in [6, 6.07) is 35.9. The molecule has 4 aliphatic carbocycles. The fraction of sp³-hybridized carbons (Fsp3) is 0.529. The molecule has 17 heteroatoms. The van der Waals surface area contributed by atoms with Gasteiger partial charge in [0.1, 0.15) is 11.2 Å². The molecule has 4 saturated carbocycles. The third-order valence-corrected chi connectivity index (χ3v) is 24.0. The minimum atomic E-state index is -4.09. The van der Waals surface area contributed by atoms with E-state index in [-0.39, 0.29) is 53.3 Å². The Morgan fingerprint density at radius 2 is 1.32 bits per heavy atom. The molecule has 2 atom stereocenters. The van der Waals surface area contributed by atoms with Gasteiger partial charge in [0, 0.05) is 48.6 Å². The first-order valence-corrected chi connectivity index (χ1v) is 34.2. The first-order valence-electron chi connectivity index (χ1n) is 30.7. The Hall–Kier alpha value is -6.24. The van der Waals surface area contributed by atoms with Crippen LogP contribution in [0.3, 0.4) is 0 Å². The van der Waals surface area contributed by atoms with Crippen LogP contribution in [0.5, 0.6) is 0 Å². The number of aromatic nitrogens is 3. The number of amides is 1. The van der Waals surface area contributed by atoms with E-state index in [2.05, 4.69) is 87.8 Å². The third kappa shape index (κ3) is 14.8. The van der Waals surface area contributed by atoms with Gasteiger partial charge in [-0.1, -0.05) is 133 Å². The van der Waals surface area contributed by atoms with Crippen molar-refractivity contribution in [1.82, 2.24) is 19.7 Å². The van der Waals surface area contributed by atoms with Crippen molar-refractivity contribution < 1.29 is 50.4 Å². The van der Waals surface area contributed by atoms with Crippen LogP contribution in [0.4, 0.5) is 4.79 Å². The summed E-state index contributed by atoms with van der Waals surface area (Å²) in [5.74, 6) is -1.42. The summed E-state index contributed by atoms with van der Waals surface area (Å²) in [5, 5.41) is 8.77. The number of hydrogen-bond donors (Lipinski definition) is 0. The second-order valence-electron chi connectivity index (χ2n) is 29.8. The van der Waals surface area contributed by atoms with Gasteiger partial charge in [0.2, 0.25) is 0 Å². The molecule has 0 spiro atoms. The summed E-state index contributed by atoms with van der Waals surface area (Å²) in [4.78, 5) is 47.4. The van der Waals surface area contributed by atoms with Crippen LogP contribution in [0.2, 0.25) is 5.04 Å². The predicted octanol–water partition coefficient (Wildman–Crippen LogP) is 13.5. The highest BCUT2D eigenvalue weighted by atomic mass is 32.2. The Morgan fingerprint density at radius 3 is 1.92 bits per heavy atom. The number of pyridine rings is 1. The summed E-state index contributed by atoms with van der Waals surface area (Å²) >= 11 is 0. The molecule has 4 aromatic carbocycles. The van der Waals surface area contributed by atoms with E-state index in [1.165, 1.54) is 22.4 Å². The normalized spacial score (nSPS) is 21.5. The zero-order chi connectivity index (χ0) is 63.2. The van der Waals surface area contributed by atoms with Crippen molar-refractivity contribution in [2.75, 3.05) is 45.8 Å². The number of carbonyl (C=O) groups excluding carboxylic acids is 3. The molecule has 87 heavy (non-hydrogen) atoms. The highest BCUT2D eigenvalue weighted by Crippen LogP contribution is 2.72. The minimum Gasteiger partial charge on any atom is -0.465 e. The van der Waals surface area contributed by atoms with Gasteiger partial charge in [-0.05, 0) is 166 Å². The molecule has 468 valence electrons. The van der Waals surface area contributed by atoms with Gasteiger partial charge in [-0.3, -0.25) is 8.86 Å². The lowest BCUT2D eigenvalue weighted by atomic mass is 9.39. The van der Waals surface area contributed by atoms with E-state index in [4.69, 9.17) is 37.6 Å². The molecule has 2 unspecified atom stereocenters. The molecule has 4 bridgehead atoms. The van der Waals surface area contributed by atoms with Crippen LogP contribution in [-0.4, -0.2) is 117 Å². The average molecular weight is 1230 g/mol. The summed E-state index contributed by atoms with van der Waals surface area (Å²) in [7, 11) is -5.54. The Labute approximate surface area is 517 Å². The Bertz CT molecular complexity index is 3540. The molecule has 0 radical (unpaired) electrons. The highest BCUT2D eigenvalue weighted by molar-refractivity contribution is 7.86. The second kappa shape index (κ2) is 24.3. The van der Waals surface area contributed by atoms with E-state index in [0.29, 0.717) is 41.8 Å². The van der Waals surface area contributed by atoms with Crippen LogP contribution in [0.15, 0.2) is 115 Å². The number of benzene rings is 4. The van der Waals surface area contributed by atoms with Crippen molar-refractivity contribution >= 4 is 57.6 Å². The molecule has 0 N–H and O–H groups in total. The zero-order valence-corrected chi connectivity index (χ0v) is 55.9. The van der Waals surface area contributed by atoms with Crippen molar-refractivity contribution in [2.24, 2.45) is 21.7 Å². The number of nitrogens with zero attached hydrogens (tertiary/aromatic N) is 4. The van der Waals surface area contributed by atoms with E-state index in [1.807, 2.05) is 102 Å². The van der Waals surface area contributed by atoms with E-state index < -0.39 is 64.4 Å². The molecule has 2 heterocycles. The smallest absolute Gasteiger partial charge is 0.410 e. The first kappa shape index (κ1) is 65.2. The van der Waals surface area contributed by atoms with Gasteiger partial charge in [0.05, 0.1) is 49.1 Å². The Kier molecular flexibility index (Phi) is 18.2. The van der Waals surface area contributed by atoms with Gasteiger partial charge in [-0.2, -0.15) is 13.5 Å². The van der Waals surface area contributed by atoms with Crippen molar-refractivity contribution in [2.45, 2.75) is 170 Å². The quantitative estimate of drug-likeness (QED) is 0.0272. The zero-order valence-electron chi connectivity index (χ0n) is 54.1. The summed E-state index contributed by atoms with van der Waals surface area (Å²) in [6.07, 6.45) is 7.33. The molecule has 4 aliphatic rings. The summed E-state index contributed by atoms with van der Waals surface area (Å²) < 4.78 is 66.8. The fourth-order valence-electron chi connectivity index (χ4n) is 15.2. The minimum absolute atomic E-state index is 0.0188. The third-order valence-electron chi connectivity index (χ3n) is 17.8. The molecule has 2 aromatic heterocycles. The lowest BCUT2D eigenvalue weighted by Gasteiger charge is -2.69. The Morgan fingerprint density at radius 1 is 0.690 bits per heavy atom. The molecule has 10 rings (SSSR count). The van der Waals surface area contributed by atoms with Gasteiger partial charge in [-0.25, -0.2) is 19.4 Å². The Balaban J connectivity index is 0.886. The number of hydrogen-bond acceptors (Lipinski definition) is 13. The number of ether oxygens (including phenoxy) is 4. The SMILES string of the molecule is COC(=O)c1cccc2ccc(-c3ccc(-c4cnn(CC56CC7(C)CC(C)(C5)CC(OCCN(CCS(=O)(=O)OCC(C)(C)CCO[Si](c5ccccc5)(c5ccccc5)C(C)(C)C)C(=O)OC(C)(C)C)(C7)C6)c4C)c(C(=O)OC(C)(C)C)n3)cc12. The molecule has 1 amide bonds. The topological polar surface area (TPSA) is 175 Å². The predicted molar refractivity (Wildman–Crippen MR) is 344 cm³/mol. The maximum atomic E-state index is 14.2. The molecule has 0 aliphatic heterocycles. The lowest BCUT2D eigenvalue weighted by molar-refractivity contribution is -0.248. The number of esters is 2. The maximum absolute atomic E-state index is 14.2. The van der Waals surface area contributed by atoms with Gasteiger partial charge in [-0.15, -0.1) is 0 Å². The average Bonchev–Trinajstić information content (AvgIpc) is 0.974. The first-order chi connectivity index (χ1) is 40.6. The monoisotopic (exact) mass is 1220 g/mol. The fourth-order valence-corrected chi connectivity index (χ4v) is 20.8. The molecular formula is C70H92N4O11SSi. The van der Waals surface area contributed by atoms with Gasteiger partial charge >= 0.3 is 18.0 Å².